The van der Waals surface area contributed by atoms with Crippen molar-refractivity contribution < 1.29 is 24.2 Å². The van der Waals surface area contributed by atoms with Crippen LogP contribution in [0, 0.1) is 29.6 Å². The van der Waals surface area contributed by atoms with Crippen molar-refractivity contribution in [3.05, 3.63) is 23.8 Å². The van der Waals surface area contributed by atoms with E-state index in [1.54, 1.807) is 0 Å². The molecule has 162 valence electrons. The fraction of sp³-hybridized carbons (Fsp3) is 0.750. The maximum atomic E-state index is 12.5. The van der Waals surface area contributed by atoms with Crippen molar-refractivity contribution in [2.45, 2.75) is 84.5 Å². The summed E-state index contributed by atoms with van der Waals surface area (Å²) >= 11 is 0. The molecule has 0 saturated carbocycles. The van der Waals surface area contributed by atoms with Crippen LogP contribution in [-0.2, 0) is 19.1 Å². The molecular formula is C24H36O5. The molecule has 1 fully saturated rings. The molecule has 0 radical (unpaired) electrons. The number of carbonyl (C=O) groups is 2. The van der Waals surface area contributed by atoms with E-state index in [1.165, 1.54) is 5.57 Å². The topological polar surface area (TPSA) is 72.8 Å². The van der Waals surface area contributed by atoms with Crippen LogP contribution in [0.25, 0.3) is 0 Å². The number of rotatable bonds is 6. The number of carbonyl (C=O) groups excluding carboxylic acids is 2. The van der Waals surface area contributed by atoms with Gasteiger partial charge >= 0.3 is 11.9 Å². The predicted octanol–water partition coefficient (Wildman–Crippen LogP) is 4.20. The number of hydrogen-bond donors (Lipinski definition) is 1. The molecule has 3 aliphatic rings. The monoisotopic (exact) mass is 404 g/mol. The molecule has 1 unspecified atom stereocenters. The first-order valence-electron chi connectivity index (χ1n) is 11.3. The third-order valence-corrected chi connectivity index (χ3v) is 6.93. The lowest BCUT2D eigenvalue weighted by molar-refractivity contribution is -0.162. The largest absolute Gasteiger partial charge is 0.462 e. The molecule has 0 spiro atoms. The van der Waals surface area contributed by atoms with Gasteiger partial charge in [0.1, 0.15) is 12.2 Å². The molecule has 3 rings (SSSR count). The van der Waals surface area contributed by atoms with Gasteiger partial charge in [0, 0.05) is 12.3 Å². The Morgan fingerprint density at radius 3 is 2.76 bits per heavy atom. The van der Waals surface area contributed by atoms with Gasteiger partial charge in [-0.1, -0.05) is 45.9 Å². The van der Waals surface area contributed by atoms with Gasteiger partial charge in [0.25, 0.3) is 0 Å². The molecule has 1 heterocycles. The van der Waals surface area contributed by atoms with Crippen LogP contribution in [0.2, 0.25) is 0 Å². The van der Waals surface area contributed by atoms with Crippen molar-refractivity contribution in [1.82, 2.24) is 0 Å². The second kappa shape index (κ2) is 9.46. The van der Waals surface area contributed by atoms with Gasteiger partial charge in [-0.2, -0.15) is 0 Å². The minimum atomic E-state index is -0.597. The number of aliphatic hydroxyl groups excluding tert-OH is 1. The fourth-order valence-electron chi connectivity index (χ4n) is 5.07. The number of aliphatic hydroxyl groups is 1. The molecule has 2 aliphatic carbocycles. The number of cyclic esters (lactones) is 1. The SMILES string of the molecule is CC[C@H](C)C(=O)O[C@@H]1C[C@H](C)C=C2C=C[C@@H](C)[C@@H](CCC3C[C@H](O)CC(=O)O3)[C@@H]21. The quantitative estimate of drug-likeness (QED) is 0.672. The number of hydrogen-bond acceptors (Lipinski definition) is 5. The first kappa shape index (κ1) is 22.1. The highest BCUT2D eigenvalue weighted by Gasteiger charge is 2.42. The summed E-state index contributed by atoms with van der Waals surface area (Å²) in [7, 11) is 0. The van der Waals surface area contributed by atoms with E-state index in [0.29, 0.717) is 24.2 Å². The van der Waals surface area contributed by atoms with E-state index in [4.69, 9.17) is 9.47 Å². The van der Waals surface area contributed by atoms with Crippen LogP contribution in [0.4, 0.5) is 0 Å². The minimum Gasteiger partial charge on any atom is -0.462 e. The molecule has 0 aromatic carbocycles. The van der Waals surface area contributed by atoms with E-state index in [0.717, 1.165) is 25.7 Å². The van der Waals surface area contributed by atoms with Gasteiger partial charge in [-0.25, -0.2) is 0 Å². The lowest BCUT2D eigenvalue weighted by Crippen LogP contribution is -2.42. The Kier molecular flexibility index (Phi) is 7.20. The van der Waals surface area contributed by atoms with Gasteiger partial charge in [0.15, 0.2) is 0 Å². The van der Waals surface area contributed by atoms with Crippen molar-refractivity contribution in [2.24, 2.45) is 29.6 Å². The van der Waals surface area contributed by atoms with Crippen LogP contribution in [0.15, 0.2) is 23.8 Å². The van der Waals surface area contributed by atoms with E-state index in [2.05, 4.69) is 32.1 Å². The zero-order valence-electron chi connectivity index (χ0n) is 18.2. The van der Waals surface area contributed by atoms with E-state index in [9.17, 15) is 14.7 Å². The van der Waals surface area contributed by atoms with Crippen LogP contribution >= 0.6 is 0 Å². The highest BCUT2D eigenvalue weighted by atomic mass is 16.5. The fourth-order valence-corrected chi connectivity index (χ4v) is 5.07. The van der Waals surface area contributed by atoms with Crippen molar-refractivity contribution in [2.75, 3.05) is 0 Å². The second-order valence-electron chi connectivity index (χ2n) is 9.36. The number of allylic oxidation sites excluding steroid dienone is 3. The Labute approximate surface area is 174 Å². The molecule has 29 heavy (non-hydrogen) atoms. The third-order valence-electron chi connectivity index (χ3n) is 6.93. The standard InChI is InChI=1S/C24H36O5/c1-5-15(3)24(27)29-21-11-14(2)10-17-7-6-16(4)20(23(17)21)9-8-19-12-18(25)13-22(26)28-19/h6-7,10,14-16,18-21,23,25H,5,8-9,11-13H2,1-4H3/t14-,15+,16-,18+,19?,20-,21-,23-/m1/s1. The molecule has 5 nitrogen and oxygen atoms in total. The normalized spacial score (nSPS) is 37.9. The molecule has 0 aromatic heterocycles. The van der Waals surface area contributed by atoms with Gasteiger partial charge in [0.2, 0.25) is 0 Å². The van der Waals surface area contributed by atoms with Crippen molar-refractivity contribution in [3.63, 3.8) is 0 Å². The first-order chi connectivity index (χ1) is 13.8. The summed E-state index contributed by atoms with van der Waals surface area (Å²) in [6, 6.07) is 0. The first-order valence-corrected chi connectivity index (χ1v) is 11.3. The molecule has 0 bridgehead atoms. The molecule has 0 aromatic rings. The Bertz CT molecular complexity index is 666. The second-order valence-corrected chi connectivity index (χ2v) is 9.36. The molecule has 5 heteroatoms. The molecule has 1 saturated heterocycles. The van der Waals surface area contributed by atoms with Crippen LogP contribution in [0.3, 0.4) is 0 Å². The molecule has 1 aliphatic heterocycles. The smallest absolute Gasteiger partial charge is 0.308 e. The number of fused-ring (bicyclic) bond motifs is 1. The van der Waals surface area contributed by atoms with E-state index in [1.807, 2.05) is 13.8 Å². The summed E-state index contributed by atoms with van der Waals surface area (Å²) in [6.07, 6.45) is 9.70. The van der Waals surface area contributed by atoms with Gasteiger partial charge in [0.05, 0.1) is 18.4 Å². The molecule has 1 N–H and O–H groups in total. The average molecular weight is 405 g/mol. The summed E-state index contributed by atoms with van der Waals surface area (Å²) in [5, 5.41) is 9.89. The maximum Gasteiger partial charge on any atom is 0.308 e. The molecule has 0 amide bonds. The lowest BCUT2D eigenvalue weighted by atomic mass is 9.65. The lowest BCUT2D eigenvalue weighted by Gasteiger charge is -2.43. The summed E-state index contributed by atoms with van der Waals surface area (Å²) in [4.78, 5) is 24.2. The van der Waals surface area contributed by atoms with Crippen molar-refractivity contribution >= 4 is 11.9 Å². The molecule has 8 atom stereocenters. The Balaban J connectivity index is 1.74. The van der Waals surface area contributed by atoms with Crippen LogP contribution < -0.4 is 0 Å². The molecular weight excluding hydrogens is 368 g/mol. The maximum absolute atomic E-state index is 12.5. The van der Waals surface area contributed by atoms with Gasteiger partial charge in [-0.05, 0) is 49.0 Å². The number of esters is 2. The Morgan fingerprint density at radius 2 is 2.07 bits per heavy atom. The number of ether oxygens (including phenoxy) is 2. The highest BCUT2D eigenvalue weighted by molar-refractivity contribution is 5.72. The zero-order valence-corrected chi connectivity index (χ0v) is 18.2. The summed E-state index contributed by atoms with van der Waals surface area (Å²) in [6.45, 7) is 8.33. The van der Waals surface area contributed by atoms with Crippen molar-refractivity contribution in [1.29, 1.82) is 0 Å². The third kappa shape index (κ3) is 5.30. The highest BCUT2D eigenvalue weighted by Crippen LogP contribution is 2.45. The van der Waals surface area contributed by atoms with Crippen LogP contribution in [0.1, 0.15) is 66.2 Å². The summed E-state index contributed by atoms with van der Waals surface area (Å²) in [5.41, 5.74) is 1.27. The van der Waals surface area contributed by atoms with Crippen molar-refractivity contribution in [3.8, 4) is 0 Å². The van der Waals surface area contributed by atoms with Gasteiger partial charge in [-0.15, -0.1) is 0 Å². The zero-order chi connectivity index (χ0) is 21.1. The van der Waals surface area contributed by atoms with E-state index >= 15 is 0 Å². The van der Waals surface area contributed by atoms with Crippen LogP contribution in [0.5, 0.6) is 0 Å². The van der Waals surface area contributed by atoms with E-state index in [-0.39, 0.29) is 42.4 Å². The van der Waals surface area contributed by atoms with E-state index < -0.39 is 6.10 Å². The van der Waals surface area contributed by atoms with Gasteiger partial charge < -0.3 is 14.6 Å². The van der Waals surface area contributed by atoms with Crippen LogP contribution in [-0.4, -0.2) is 35.4 Å². The average Bonchev–Trinajstić information content (AvgIpc) is 2.65. The summed E-state index contributed by atoms with van der Waals surface area (Å²) < 4.78 is 11.5. The predicted molar refractivity (Wildman–Crippen MR) is 111 cm³/mol. The minimum absolute atomic E-state index is 0.0854. The Hall–Kier alpha value is -1.62. The summed E-state index contributed by atoms with van der Waals surface area (Å²) in [5.74, 6) is 0.755. The Morgan fingerprint density at radius 1 is 1.31 bits per heavy atom. The van der Waals surface area contributed by atoms with Gasteiger partial charge in [-0.3, -0.25) is 9.59 Å².